The van der Waals surface area contributed by atoms with E-state index < -0.39 is 0 Å². The molecule has 0 N–H and O–H groups in total. The lowest BCUT2D eigenvalue weighted by Gasteiger charge is -2.06. The van der Waals surface area contributed by atoms with Crippen LogP contribution in [-0.2, 0) is 13.0 Å². The van der Waals surface area contributed by atoms with Gasteiger partial charge in [-0.05, 0) is 23.9 Å². The molecule has 4 aromatic rings. The summed E-state index contributed by atoms with van der Waals surface area (Å²) in [6.07, 6.45) is 2.49. The zero-order valence-electron chi connectivity index (χ0n) is 13.0. The van der Waals surface area contributed by atoms with Gasteiger partial charge in [0.05, 0.1) is 12.2 Å². The summed E-state index contributed by atoms with van der Waals surface area (Å²) in [5, 5.41) is 6.65. The molecule has 0 bridgehead atoms. The van der Waals surface area contributed by atoms with Crippen molar-refractivity contribution in [2.24, 2.45) is 0 Å². The first-order chi connectivity index (χ1) is 11.7. The van der Waals surface area contributed by atoms with Crippen LogP contribution in [0.1, 0.15) is 17.6 Å². The molecule has 7 heteroatoms. The molecular weight excluding hydrogens is 324 g/mol. The lowest BCUT2D eigenvalue weighted by molar-refractivity contribution is 0.738. The molecule has 3 heterocycles. The standard InChI is InChI=1S/C17H14N4O2S/c1-2-14-19-21-15(22)9-12(18-17(21)24-14)10-20-8-7-11-5-3-4-6-13(11)16(20)23/h3-9H,2,10H2,1H3. The first kappa shape index (κ1) is 14.8. The van der Waals surface area contributed by atoms with Crippen LogP contribution >= 0.6 is 11.3 Å². The van der Waals surface area contributed by atoms with E-state index in [-0.39, 0.29) is 17.7 Å². The highest BCUT2D eigenvalue weighted by Gasteiger charge is 2.09. The molecule has 24 heavy (non-hydrogen) atoms. The summed E-state index contributed by atoms with van der Waals surface area (Å²) in [4.78, 5) is 29.8. The highest BCUT2D eigenvalue weighted by Crippen LogP contribution is 2.13. The van der Waals surface area contributed by atoms with Crippen molar-refractivity contribution in [2.45, 2.75) is 19.9 Å². The maximum atomic E-state index is 12.6. The Morgan fingerprint density at radius 3 is 2.83 bits per heavy atom. The third-order valence-electron chi connectivity index (χ3n) is 3.86. The van der Waals surface area contributed by atoms with E-state index in [1.807, 2.05) is 31.2 Å². The predicted octanol–water partition coefficient (Wildman–Crippen LogP) is 2.08. The van der Waals surface area contributed by atoms with Crippen molar-refractivity contribution in [1.82, 2.24) is 19.2 Å². The van der Waals surface area contributed by atoms with Crippen LogP contribution in [-0.4, -0.2) is 19.2 Å². The molecule has 0 aliphatic carbocycles. The summed E-state index contributed by atoms with van der Waals surface area (Å²) in [7, 11) is 0. The van der Waals surface area contributed by atoms with Crippen LogP contribution in [0.5, 0.6) is 0 Å². The van der Waals surface area contributed by atoms with Gasteiger partial charge in [-0.3, -0.25) is 9.59 Å². The molecule has 0 atom stereocenters. The molecule has 0 radical (unpaired) electrons. The number of hydrogen-bond acceptors (Lipinski definition) is 5. The minimum absolute atomic E-state index is 0.0892. The van der Waals surface area contributed by atoms with Gasteiger partial charge in [-0.2, -0.15) is 9.61 Å². The number of aromatic nitrogens is 4. The van der Waals surface area contributed by atoms with Crippen LogP contribution in [0, 0.1) is 0 Å². The summed E-state index contributed by atoms with van der Waals surface area (Å²) in [5.41, 5.74) is 0.247. The fourth-order valence-electron chi connectivity index (χ4n) is 2.65. The van der Waals surface area contributed by atoms with Gasteiger partial charge >= 0.3 is 0 Å². The van der Waals surface area contributed by atoms with Crippen molar-refractivity contribution in [3.63, 3.8) is 0 Å². The van der Waals surface area contributed by atoms with Gasteiger partial charge in [0.15, 0.2) is 0 Å². The highest BCUT2D eigenvalue weighted by atomic mass is 32.1. The normalized spacial score (nSPS) is 11.4. The maximum absolute atomic E-state index is 12.6. The van der Waals surface area contributed by atoms with Gasteiger partial charge in [0.2, 0.25) is 4.96 Å². The Balaban J connectivity index is 1.80. The smallest absolute Gasteiger partial charge is 0.275 e. The molecule has 0 aliphatic rings. The van der Waals surface area contributed by atoms with Crippen molar-refractivity contribution >= 4 is 27.1 Å². The average molecular weight is 338 g/mol. The number of nitrogens with zero attached hydrogens (tertiary/aromatic N) is 4. The second kappa shape index (κ2) is 5.68. The Morgan fingerprint density at radius 1 is 1.17 bits per heavy atom. The molecule has 120 valence electrons. The van der Waals surface area contributed by atoms with Crippen LogP contribution in [0.15, 0.2) is 52.2 Å². The van der Waals surface area contributed by atoms with E-state index in [1.165, 1.54) is 21.9 Å². The molecule has 4 rings (SSSR count). The van der Waals surface area contributed by atoms with Crippen LogP contribution in [0.3, 0.4) is 0 Å². The van der Waals surface area contributed by atoms with E-state index in [1.54, 1.807) is 16.8 Å². The second-order valence-electron chi connectivity index (χ2n) is 5.47. The minimum atomic E-state index is -0.222. The van der Waals surface area contributed by atoms with E-state index in [4.69, 9.17) is 0 Å². The molecule has 0 unspecified atom stereocenters. The molecule has 0 saturated carbocycles. The van der Waals surface area contributed by atoms with Gasteiger partial charge in [-0.1, -0.05) is 36.5 Å². The third-order valence-corrected chi connectivity index (χ3v) is 4.91. The third kappa shape index (κ3) is 2.43. The largest absolute Gasteiger partial charge is 0.309 e. The van der Waals surface area contributed by atoms with Gasteiger partial charge in [-0.15, -0.1) is 0 Å². The van der Waals surface area contributed by atoms with Gasteiger partial charge in [0, 0.05) is 17.6 Å². The zero-order chi connectivity index (χ0) is 16.7. The first-order valence-electron chi connectivity index (χ1n) is 7.62. The van der Waals surface area contributed by atoms with Crippen LogP contribution in [0.25, 0.3) is 15.7 Å². The minimum Gasteiger partial charge on any atom is -0.309 e. The van der Waals surface area contributed by atoms with E-state index in [2.05, 4.69) is 10.1 Å². The molecule has 0 amide bonds. The first-order valence-corrected chi connectivity index (χ1v) is 8.44. The van der Waals surface area contributed by atoms with Crippen molar-refractivity contribution in [3.05, 3.63) is 74.0 Å². The zero-order valence-corrected chi connectivity index (χ0v) is 13.8. The summed E-state index contributed by atoms with van der Waals surface area (Å²) in [6, 6.07) is 10.8. The van der Waals surface area contributed by atoms with Gasteiger partial charge in [0.25, 0.3) is 11.1 Å². The average Bonchev–Trinajstić information content (AvgIpc) is 3.01. The van der Waals surface area contributed by atoms with E-state index in [9.17, 15) is 9.59 Å². The number of pyridine rings is 1. The Labute approximate surface area is 140 Å². The number of rotatable bonds is 3. The van der Waals surface area contributed by atoms with Crippen molar-refractivity contribution in [3.8, 4) is 0 Å². The SMILES string of the molecule is CCc1nn2c(=O)cc(Cn3ccc4ccccc4c3=O)nc2s1. The van der Waals surface area contributed by atoms with Gasteiger partial charge in [0.1, 0.15) is 5.01 Å². The quantitative estimate of drug-likeness (QED) is 0.573. The fraction of sp³-hybridized carbons (Fsp3) is 0.176. The lowest BCUT2D eigenvalue weighted by Crippen LogP contribution is -2.22. The van der Waals surface area contributed by atoms with Crippen LogP contribution < -0.4 is 11.1 Å². The van der Waals surface area contributed by atoms with Crippen molar-refractivity contribution < 1.29 is 0 Å². The summed E-state index contributed by atoms with van der Waals surface area (Å²) < 4.78 is 2.89. The molecular formula is C17H14N4O2S. The molecule has 0 fully saturated rings. The fourth-order valence-corrected chi connectivity index (χ4v) is 3.51. The Hall–Kier alpha value is -2.80. The molecule has 3 aromatic heterocycles. The molecule has 6 nitrogen and oxygen atoms in total. The number of benzene rings is 1. The van der Waals surface area contributed by atoms with E-state index in [0.717, 1.165) is 16.8 Å². The predicted molar refractivity (Wildman–Crippen MR) is 93.8 cm³/mol. The Morgan fingerprint density at radius 2 is 2.00 bits per heavy atom. The summed E-state index contributed by atoms with van der Waals surface area (Å²) in [6.45, 7) is 2.24. The van der Waals surface area contributed by atoms with Gasteiger partial charge < -0.3 is 4.57 Å². The van der Waals surface area contributed by atoms with Crippen molar-refractivity contribution in [2.75, 3.05) is 0 Å². The lowest BCUT2D eigenvalue weighted by atomic mass is 10.2. The van der Waals surface area contributed by atoms with Crippen molar-refractivity contribution in [1.29, 1.82) is 0 Å². The molecule has 0 saturated heterocycles. The highest BCUT2D eigenvalue weighted by molar-refractivity contribution is 7.16. The molecule has 0 spiro atoms. The Kier molecular flexibility index (Phi) is 3.50. The summed E-state index contributed by atoms with van der Waals surface area (Å²) in [5.74, 6) is 0. The van der Waals surface area contributed by atoms with Crippen LogP contribution in [0.2, 0.25) is 0 Å². The Bertz CT molecular complexity index is 1170. The number of hydrogen-bond donors (Lipinski definition) is 0. The second-order valence-corrected chi connectivity index (χ2v) is 6.51. The van der Waals surface area contributed by atoms with Crippen LogP contribution in [0.4, 0.5) is 0 Å². The van der Waals surface area contributed by atoms with Gasteiger partial charge in [-0.25, -0.2) is 4.98 Å². The topological polar surface area (TPSA) is 69.3 Å². The number of fused-ring (bicyclic) bond motifs is 2. The summed E-state index contributed by atoms with van der Waals surface area (Å²) >= 11 is 1.40. The van der Waals surface area contributed by atoms with E-state index >= 15 is 0 Å². The molecule has 1 aromatic carbocycles. The van der Waals surface area contributed by atoms with E-state index in [0.29, 0.717) is 16.0 Å². The maximum Gasteiger partial charge on any atom is 0.275 e. The number of aryl methyl sites for hydroxylation is 1. The molecule has 0 aliphatic heterocycles. The monoisotopic (exact) mass is 338 g/mol.